The largest absolute Gasteiger partial charge is 0.385 e. The molecular formula is C17H26N2. The number of rotatable bonds is 3. The van der Waals surface area contributed by atoms with Crippen LogP contribution >= 0.6 is 0 Å². The van der Waals surface area contributed by atoms with Gasteiger partial charge in [0.25, 0.3) is 0 Å². The second kappa shape index (κ2) is 5.85. The predicted molar refractivity (Wildman–Crippen MR) is 83.1 cm³/mol. The molecule has 2 aliphatic rings. The van der Waals surface area contributed by atoms with Gasteiger partial charge in [-0.05, 0) is 49.3 Å². The van der Waals surface area contributed by atoms with Crippen molar-refractivity contribution in [3.8, 4) is 0 Å². The SMILES string of the molecule is CCCC1CCN(c2cccc3c2CCCN3)CC1. The van der Waals surface area contributed by atoms with Crippen LogP contribution in [0.1, 0.15) is 44.6 Å². The van der Waals surface area contributed by atoms with Gasteiger partial charge >= 0.3 is 0 Å². The summed E-state index contributed by atoms with van der Waals surface area (Å²) in [6.07, 6.45) is 8.04. The standard InChI is InChI=1S/C17H26N2/c1-2-5-14-9-12-19(13-10-14)17-8-3-7-16-15(17)6-4-11-18-16/h3,7-8,14,18H,2,4-6,9-13H2,1H3. The molecule has 1 N–H and O–H groups in total. The lowest BCUT2D eigenvalue weighted by Gasteiger charge is -2.36. The zero-order valence-electron chi connectivity index (χ0n) is 12.1. The van der Waals surface area contributed by atoms with E-state index >= 15 is 0 Å². The van der Waals surface area contributed by atoms with Crippen molar-refractivity contribution < 1.29 is 0 Å². The molecule has 0 unspecified atom stereocenters. The monoisotopic (exact) mass is 258 g/mol. The van der Waals surface area contributed by atoms with Crippen LogP contribution < -0.4 is 10.2 Å². The molecule has 104 valence electrons. The summed E-state index contributed by atoms with van der Waals surface area (Å²) in [6, 6.07) is 6.78. The van der Waals surface area contributed by atoms with E-state index in [0.717, 1.165) is 12.5 Å². The fourth-order valence-corrected chi connectivity index (χ4v) is 3.66. The van der Waals surface area contributed by atoms with E-state index in [4.69, 9.17) is 0 Å². The summed E-state index contributed by atoms with van der Waals surface area (Å²) in [7, 11) is 0. The fraction of sp³-hybridized carbons (Fsp3) is 0.647. The van der Waals surface area contributed by atoms with Gasteiger partial charge in [-0.1, -0.05) is 25.8 Å². The van der Waals surface area contributed by atoms with E-state index in [1.807, 2.05) is 0 Å². The average molecular weight is 258 g/mol. The highest BCUT2D eigenvalue weighted by Gasteiger charge is 2.22. The van der Waals surface area contributed by atoms with Crippen molar-refractivity contribution in [3.05, 3.63) is 23.8 Å². The van der Waals surface area contributed by atoms with Crippen molar-refractivity contribution in [2.24, 2.45) is 5.92 Å². The summed E-state index contributed by atoms with van der Waals surface area (Å²) >= 11 is 0. The van der Waals surface area contributed by atoms with Crippen LogP contribution in [0.15, 0.2) is 18.2 Å². The molecule has 0 aliphatic carbocycles. The molecule has 1 saturated heterocycles. The van der Waals surface area contributed by atoms with Crippen LogP contribution in [0.25, 0.3) is 0 Å². The first-order valence-corrected chi connectivity index (χ1v) is 7.99. The normalized spacial score (nSPS) is 19.9. The first-order valence-electron chi connectivity index (χ1n) is 7.99. The lowest BCUT2D eigenvalue weighted by atomic mass is 9.91. The van der Waals surface area contributed by atoms with Crippen LogP contribution in [0.4, 0.5) is 11.4 Å². The molecule has 1 aromatic rings. The molecule has 3 rings (SSSR count). The third-order valence-electron chi connectivity index (χ3n) is 4.72. The Hall–Kier alpha value is -1.18. The highest BCUT2D eigenvalue weighted by atomic mass is 15.1. The second-order valence-electron chi connectivity index (χ2n) is 6.05. The van der Waals surface area contributed by atoms with Gasteiger partial charge in [-0.3, -0.25) is 0 Å². The summed E-state index contributed by atoms with van der Waals surface area (Å²) in [5.41, 5.74) is 4.43. The van der Waals surface area contributed by atoms with Gasteiger partial charge in [0.2, 0.25) is 0 Å². The molecule has 2 aliphatic heterocycles. The van der Waals surface area contributed by atoms with Crippen LogP contribution in [0.2, 0.25) is 0 Å². The van der Waals surface area contributed by atoms with Gasteiger partial charge in [0, 0.05) is 31.0 Å². The Balaban J connectivity index is 1.73. The Morgan fingerprint density at radius 3 is 2.89 bits per heavy atom. The molecule has 2 heteroatoms. The van der Waals surface area contributed by atoms with E-state index in [1.165, 1.54) is 63.0 Å². The average Bonchev–Trinajstić information content (AvgIpc) is 2.48. The van der Waals surface area contributed by atoms with Gasteiger partial charge in [0.15, 0.2) is 0 Å². The summed E-state index contributed by atoms with van der Waals surface area (Å²) in [6.45, 7) is 5.95. The minimum absolute atomic E-state index is 0.971. The zero-order chi connectivity index (χ0) is 13.1. The van der Waals surface area contributed by atoms with E-state index in [-0.39, 0.29) is 0 Å². The molecule has 2 heterocycles. The number of piperidine rings is 1. The van der Waals surface area contributed by atoms with Crippen molar-refractivity contribution in [3.63, 3.8) is 0 Å². The third-order valence-corrected chi connectivity index (χ3v) is 4.72. The number of hydrogen-bond donors (Lipinski definition) is 1. The molecule has 0 atom stereocenters. The summed E-state index contributed by atoms with van der Waals surface area (Å²) in [5.74, 6) is 0.971. The van der Waals surface area contributed by atoms with E-state index in [9.17, 15) is 0 Å². The molecule has 0 spiro atoms. The number of fused-ring (bicyclic) bond motifs is 1. The molecule has 2 nitrogen and oxygen atoms in total. The molecule has 0 aromatic heterocycles. The van der Waals surface area contributed by atoms with E-state index in [2.05, 4.69) is 35.3 Å². The first-order chi connectivity index (χ1) is 9.38. The van der Waals surface area contributed by atoms with Crippen molar-refractivity contribution in [1.82, 2.24) is 0 Å². The zero-order valence-corrected chi connectivity index (χ0v) is 12.1. The van der Waals surface area contributed by atoms with Gasteiger partial charge in [-0.25, -0.2) is 0 Å². The Bertz CT molecular complexity index is 419. The predicted octanol–water partition coefficient (Wildman–Crippen LogP) is 4.06. The molecule has 1 aromatic carbocycles. The molecule has 0 amide bonds. The topological polar surface area (TPSA) is 15.3 Å². The van der Waals surface area contributed by atoms with Gasteiger partial charge in [0.1, 0.15) is 0 Å². The van der Waals surface area contributed by atoms with Crippen LogP contribution in [-0.4, -0.2) is 19.6 Å². The van der Waals surface area contributed by atoms with Crippen molar-refractivity contribution in [2.45, 2.75) is 45.4 Å². The highest BCUT2D eigenvalue weighted by molar-refractivity contribution is 5.68. The van der Waals surface area contributed by atoms with Crippen LogP contribution in [0.5, 0.6) is 0 Å². The quantitative estimate of drug-likeness (QED) is 0.879. The van der Waals surface area contributed by atoms with Gasteiger partial charge in [-0.2, -0.15) is 0 Å². The summed E-state index contributed by atoms with van der Waals surface area (Å²) in [4.78, 5) is 2.62. The van der Waals surface area contributed by atoms with Gasteiger partial charge in [0.05, 0.1) is 0 Å². The Morgan fingerprint density at radius 2 is 2.11 bits per heavy atom. The molecule has 0 saturated carbocycles. The smallest absolute Gasteiger partial charge is 0.0419 e. The van der Waals surface area contributed by atoms with Crippen molar-refractivity contribution in [1.29, 1.82) is 0 Å². The fourth-order valence-electron chi connectivity index (χ4n) is 3.66. The molecule has 19 heavy (non-hydrogen) atoms. The Labute approximate surface area is 117 Å². The number of nitrogens with one attached hydrogen (secondary N) is 1. The van der Waals surface area contributed by atoms with Crippen molar-refractivity contribution in [2.75, 3.05) is 29.9 Å². The second-order valence-corrected chi connectivity index (χ2v) is 6.05. The molecular weight excluding hydrogens is 232 g/mol. The van der Waals surface area contributed by atoms with Crippen LogP contribution in [-0.2, 0) is 6.42 Å². The summed E-state index contributed by atoms with van der Waals surface area (Å²) < 4.78 is 0. The van der Waals surface area contributed by atoms with E-state index < -0.39 is 0 Å². The number of benzene rings is 1. The Kier molecular flexibility index (Phi) is 3.95. The lowest BCUT2D eigenvalue weighted by molar-refractivity contribution is 0.378. The minimum Gasteiger partial charge on any atom is -0.385 e. The maximum absolute atomic E-state index is 3.54. The van der Waals surface area contributed by atoms with E-state index in [1.54, 1.807) is 5.56 Å². The highest BCUT2D eigenvalue weighted by Crippen LogP contribution is 2.34. The first kappa shape index (κ1) is 12.8. The minimum atomic E-state index is 0.971. The van der Waals surface area contributed by atoms with Gasteiger partial charge < -0.3 is 10.2 Å². The van der Waals surface area contributed by atoms with Crippen LogP contribution in [0, 0.1) is 5.92 Å². The maximum atomic E-state index is 3.54. The number of anilines is 2. The number of hydrogen-bond acceptors (Lipinski definition) is 2. The van der Waals surface area contributed by atoms with E-state index in [0.29, 0.717) is 0 Å². The van der Waals surface area contributed by atoms with Crippen molar-refractivity contribution >= 4 is 11.4 Å². The maximum Gasteiger partial charge on any atom is 0.0419 e. The molecule has 1 fully saturated rings. The molecule has 0 bridgehead atoms. The Morgan fingerprint density at radius 1 is 1.26 bits per heavy atom. The number of nitrogens with zero attached hydrogens (tertiary/aromatic N) is 1. The third kappa shape index (κ3) is 2.72. The summed E-state index contributed by atoms with van der Waals surface area (Å²) in [5, 5.41) is 3.54. The van der Waals surface area contributed by atoms with Gasteiger partial charge in [-0.15, -0.1) is 0 Å². The molecule has 0 radical (unpaired) electrons. The van der Waals surface area contributed by atoms with Crippen LogP contribution in [0.3, 0.4) is 0 Å². The lowest BCUT2D eigenvalue weighted by Crippen LogP contribution is -2.34.